The molecule has 0 fully saturated rings. The minimum absolute atomic E-state index is 0.308. The zero-order valence-corrected chi connectivity index (χ0v) is 17.6. The number of rotatable bonds is 6. The second kappa shape index (κ2) is 8.09. The highest BCUT2D eigenvalue weighted by Crippen LogP contribution is 2.34. The van der Waals surface area contributed by atoms with Gasteiger partial charge in [0, 0.05) is 23.4 Å². The lowest BCUT2D eigenvalue weighted by atomic mass is 9.93. The lowest BCUT2D eigenvalue weighted by Crippen LogP contribution is -2.45. The Hall–Kier alpha value is -3.30. The molecule has 0 amide bonds. The lowest BCUT2D eigenvalue weighted by Gasteiger charge is -2.28. The maximum atomic E-state index is 11.6. The van der Waals surface area contributed by atoms with E-state index in [0.29, 0.717) is 12.2 Å². The number of fused-ring (bicyclic) bond motifs is 2. The Morgan fingerprint density at radius 2 is 2.16 bits per heavy atom. The average molecular weight is 436 g/mol. The molecule has 31 heavy (non-hydrogen) atoms. The number of thioether (sulfide) groups is 1. The number of hydrogen-bond donors (Lipinski definition) is 4. The molecule has 2 aromatic carbocycles. The van der Waals surface area contributed by atoms with Gasteiger partial charge in [0.25, 0.3) is 0 Å². The number of H-pyrrole nitrogens is 2. The van der Waals surface area contributed by atoms with Crippen LogP contribution in [0.4, 0.5) is 0 Å². The van der Waals surface area contributed by atoms with Gasteiger partial charge in [-0.05, 0) is 29.8 Å². The molecule has 4 N–H and O–H groups in total. The predicted octanol–water partition coefficient (Wildman–Crippen LogP) is 3.28. The van der Waals surface area contributed by atoms with Crippen molar-refractivity contribution in [2.45, 2.75) is 29.4 Å². The first-order valence-electron chi connectivity index (χ1n) is 9.87. The van der Waals surface area contributed by atoms with Gasteiger partial charge in [0.05, 0.1) is 36.2 Å². The Labute approximate surface area is 182 Å². The fraction of sp³-hybridized carbons (Fsp3) is 0.227. The van der Waals surface area contributed by atoms with Gasteiger partial charge in [-0.1, -0.05) is 30.0 Å². The molecule has 0 spiro atoms. The Morgan fingerprint density at radius 1 is 1.29 bits per heavy atom. The first-order valence-corrected chi connectivity index (χ1v) is 10.9. The van der Waals surface area contributed by atoms with E-state index in [2.05, 4.69) is 31.3 Å². The van der Waals surface area contributed by atoms with Crippen LogP contribution >= 0.6 is 11.8 Å². The van der Waals surface area contributed by atoms with E-state index in [0.717, 1.165) is 44.5 Å². The molecule has 8 nitrogen and oxygen atoms in total. The number of carbonyl (C=O) groups is 1. The van der Waals surface area contributed by atoms with Crippen molar-refractivity contribution in [2.24, 2.45) is 0 Å². The van der Waals surface area contributed by atoms with Crippen molar-refractivity contribution in [3.8, 4) is 5.75 Å². The van der Waals surface area contributed by atoms with E-state index in [1.54, 1.807) is 25.2 Å². The summed E-state index contributed by atoms with van der Waals surface area (Å²) >= 11 is 1.59. The normalized spacial score (nSPS) is 18.1. The molecule has 158 valence electrons. The summed E-state index contributed by atoms with van der Waals surface area (Å²) in [4.78, 5) is 27.1. The van der Waals surface area contributed by atoms with E-state index >= 15 is 0 Å². The number of aliphatic carboxylic acids is 1. The van der Waals surface area contributed by atoms with Gasteiger partial charge in [0.15, 0.2) is 5.16 Å². The first kappa shape index (κ1) is 19.7. The van der Waals surface area contributed by atoms with Crippen LogP contribution in [0.2, 0.25) is 0 Å². The summed E-state index contributed by atoms with van der Waals surface area (Å²) in [5.41, 5.74) is 5.57. The van der Waals surface area contributed by atoms with E-state index < -0.39 is 12.0 Å². The number of carboxylic acid groups (broad SMARTS) is 1. The molecule has 9 heteroatoms. The maximum absolute atomic E-state index is 11.6. The number of para-hydroxylation sites is 2. The van der Waals surface area contributed by atoms with E-state index in [1.165, 1.54) is 0 Å². The van der Waals surface area contributed by atoms with Crippen LogP contribution in [-0.4, -0.2) is 44.2 Å². The molecule has 4 aromatic rings. The highest BCUT2D eigenvalue weighted by molar-refractivity contribution is 7.98. The monoisotopic (exact) mass is 435 g/mol. The van der Waals surface area contributed by atoms with Gasteiger partial charge in [-0.15, -0.1) is 0 Å². The predicted molar refractivity (Wildman–Crippen MR) is 117 cm³/mol. The average Bonchev–Trinajstić information content (AvgIpc) is 3.43. The second-order valence-corrected chi connectivity index (χ2v) is 8.34. The third-order valence-electron chi connectivity index (χ3n) is 5.47. The number of aromatic amines is 2. The zero-order valence-electron chi connectivity index (χ0n) is 16.8. The van der Waals surface area contributed by atoms with E-state index in [1.807, 2.05) is 36.4 Å². The second-order valence-electron chi connectivity index (χ2n) is 7.38. The number of hydrogen-bond acceptors (Lipinski definition) is 6. The van der Waals surface area contributed by atoms with Crippen molar-refractivity contribution >= 4 is 28.8 Å². The van der Waals surface area contributed by atoms with Gasteiger partial charge in [-0.25, -0.2) is 9.97 Å². The lowest BCUT2D eigenvalue weighted by molar-refractivity contribution is -0.139. The SMILES string of the molecule is COc1ccc(C2NC(C(=O)O)Cc3[nH]cnc32)cc1CSc1nc2ccccc2[nH]1. The molecule has 0 aliphatic carbocycles. The number of benzene rings is 2. The number of imidazole rings is 2. The Bertz CT molecular complexity index is 1220. The number of carboxylic acids is 1. The van der Waals surface area contributed by atoms with Crippen LogP contribution in [0.3, 0.4) is 0 Å². The molecular weight excluding hydrogens is 414 g/mol. The number of aromatic nitrogens is 4. The van der Waals surface area contributed by atoms with E-state index in [-0.39, 0.29) is 6.04 Å². The summed E-state index contributed by atoms with van der Waals surface area (Å²) in [6, 6.07) is 12.9. The van der Waals surface area contributed by atoms with Gasteiger partial charge >= 0.3 is 5.97 Å². The number of ether oxygens (including phenoxy) is 1. The third kappa shape index (κ3) is 3.77. The molecule has 1 aliphatic heterocycles. The van der Waals surface area contributed by atoms with Gasteiger partial charge in [-0.2, -0.15) is 0 Å². The summed E-state index contributed by atoms with van der Waals surface area (Å²) in [5, 5.41) is 13.6. The quantitative estimate of drug-likeness (QED) is 0.344. The molecule has 5 rings (SSSR count). The molecule has 0 radical (unpaired) electrons. The highest BCUT2D eigenvalue weighted by Gasteiger charge is 2.33. The van der Waals surface area contributed by atoms with Crippen LogP contribution in [-0.2, 0) is 17.0 Å². The summed E-state index contributed by atoms with van der Waals surface area (Å²) in [6.45, 7) is 0. The number of nitrogens with zero attached hydrogens (tertiary/aromatic N) is 2. The van der Waals surface area contributed by atoms with Crippen LogP contribution in [0.1, 0.15) is 28.6 Å². The molecule has 0 bridgehead atoms. The molecule has 0 saturated carbocycles. The summed E-state index contributed by atoms with van der Waals surface area (Å²) in [5.74, 6) is 0.555. The van der Waals surface area contributed by atoms with Gasteiger partial charge in [-0.3, -0.25) is 10.1 Å². The topological polar surface area (TPSA) is 116 Å². The molecule has 0 saturated heterocycles. The molecule has 2 aromatic heterocycles. The Kier molecular flexibility index (Phi) is 5.13. The van der Waals surface area contributed by atoms with Crippen LogP contribution < -0.4 is 10.1 Å². The van der Waals surface area contributed by atoms with Crippen LogP contribution in [0, 0.1) is 0 Å². The zero-order chi connectivity index (χ0) is 21.4. The van der Waals surface area contributed by atoms with Gasteiger partial charge in [0.1, 0.15) is 11.8 Å². The summed E-state index contributed by atoms with van der Waals surface area (Å²) in [7, 11) is 1.65. The van der Waals surface area contributed by atoms with Gasteiger partial charge in [0.2, 0.25) is 0 Å². The summed E-state index contributed by atoms with van der Waals surface area (Å²) < 4.78 is 5.57. The van der Waals surface area contributed by atoms with Crippen LogP contribution in [0.15, 0.2) is 53.9 Å². The van der Waals surface area contributed by atoms with Crippen molar-refractivity contribution in [3.05, 3.63) is 71.3 Å². The van der Waals surface area contributed by atoms with Crippen molar-refractivity contribution in [1.29, 1.82) is 0 Å². The smallest absolute Gasteiger partial charge is 0.321 e. The third-order valence-corrected chi connectivity index (χ3v) is 6.39. The minimum Gasteiger partial charge on any atom is -0.496 e. The summed E-state index contributed by atoms with van der Waals surface area (Å²) in [6.07, 6.45) is 2.00. The Morgan fingerprint density at radius 3 is 2.97 bits per heavy atom. The van der Waals surface area contributed by atoms with Crippen molar-refractivity contribution in [3.63, 3.8) is 0 Å². The molecule has 2 unspecified atom stereocenters. The largest absolute Gasteiger partial charge is 0.496 e. The van der Waals surface area contributed by atoms with E-state index in [4.69, 9.17) is 4.74 Å². The Balaban J connectivity index is 1.43. The van der Waals surface area contributed by atoms with Crippen LogP contribution in [0.5, 0.6) is 5.75 Å². The molecule has 2 atom stereocenters. The van der Waals surface area contributed by atoms with Crippen molar-refractivity contribution in [1.82, 2.24) is 25.3 Å². The fourth-order valence-electron chi connectivity index (χ4n) is 3.93. The van der Waals surface area contributed by atoms with Crippen molar-refractivity contribution < 1.29 is 14.6 Å². The van der Waals surface area contributed by atoms with Gasteiger partial charge < -0.3 is 19.8 Å². The fourth-order valence-corrected chi connectivity index (χ4v) is 4.80. The molecular formula is C22H21N5O3S. The minimum atomic E-state index is -0.876. The molecule has 1 aliphatic rings. The number of nitrogens with one attached hydrogen (secondary N) is 3. The maximum Gasteiger partial charge on any atom is 0.321 e. The van der Waals surface area contributed by atoms with Crippen LogP contribution in [0.25, 0.3) is 11.0 Å². The number of methoxy groups -OCH3 is 1. The van der Waals surface area contributed by atoms with Crippen molar-refractivity contribution in [2.75, 3.05) is 7.11 Å². The first-order chi connectivity index (χ1) is 15.1. The highest BCUT2D eigenvalue weighted by atomic mass is 32.2. The standard InChI is InChI=1S/C22H21N5O3S/c1-30-18-7-6-12(19-20-16(23-11-24-20)9-17(25-19)21(28)29)8-13(18)10-31-22-26-14-4-2-3-5-15(14)27-22/h2-8,11,17,19,25H,9-10H2,1H3,(H,23,24)(H,26,27)(H,28,29). The van der Waals surface area contributed by atoms with E-state index in [9.17, 15) is 9.90 Å². The molecule has 3 heterocycles.